The van der Waals surface area contributed by atoms with Gasteiger partial charge in [0.2, 0.25) is 5.91 Å². The molecule has 2 fully saturated rings. The fourth-order valence-corrected chi connectivity index (χ4v) is 3.94. The molecule has 0 unspecified atom stereocenters. The number of rotatable bonds is 6. The Bertz CT molecular complexity index is 585. The fourth-order valence-electron chi connectivity index (χ4n) is 3.94. The largest absolute Gasteiger partial charge is 0.497 e. The summed E-state index contributed by atoms with van der Waals surface area (Å²) in [5, 5.41) is 13.1. The molecule has 138 valence electrons. The lowest BCUT2D eigenvalue weighted by Gasteiger charge is -2.32. The zero-order valence-corrected chi connectivity index (χ0v) is 15.0. The number of carbonyl (C=O) groups excluding carboxylic acids is 1. The molecule has 2 aliphatic rings. The SMILES string of the molecule is COc1cc(OC)cc(N2CC[C@H](N[C@@H]3CCCC[C@@H]3CO)C2=O)c1. The highest BCUT2D eigenvalue weighted by Gasteiger charge is 2.36. The van der Waals surface area contributed by atoms with E-state index >= 15 is 0 Å². The standard InChI is InChI=1S/C19H28N2O4/c1-24-15-9-14(10-16(11-15)25-2)21-8-7-18(19(21)23)20-17-6-4-3-5-13(17)12-22/h9-11,13,17-18,20,22H,3-8,12H2,1-2H3/t13-,17-,18+/m1/s1. The van der Waals surface area contributed by atoms with Gasteiger partial charge in [-0.05, 0) is 25.2 Å². The predicted molar refractivity (Wildman–Crippen MR) is 96.3 cm³/mol. The molecule has 0 bridgehead atoms. The molecule has 1 aliphatic carbocycles. The molecule has 2 N–H and O–H groups in total. The van der Waals surface area contributed by atoms with E-state index in [-0.39, 0.29) is 30.5 Å². The lowest BCUT2D eigenvalue weighted by molar-refractivity contribution is -0.119. The van der Waals surface area contributed by atoms with Gasteiger partial charge in [0.15, 0.2) is 0 Å². The fraction of sp³-hybridized carbons (Fsp3) is 0.632. The first-order chi connectivity index (χ1) is 12.2. The number of methoxy groups -OCH3 is 2. The molecule has 3 atom stereocenters. The van der Waals surface area contributed by atoms with Gasteiger partial charge in [-0.2, -0.15) is 0 Å². The van der Waals surface area contributed by atoms with E-state index in [1.807, 2.05) is 12.1 Å². The first-order valence-electron chi connectivity index (χ1n) is 9.07. The van der Waals surface area contributed by atoms with Crippen molar-refractivity contribution in [2.45, 2.75) is 44.2 Å². The van der Waals surface area contributed by atoms with Crippen molar-refractivity contribution in [1.82, 2.24) is 5.32 Å². The van der Waals surface area contributed by atoms with Crippen LogP contribution in [0.3, 0.4) is 0 Å². The summed E-state index contributed by atoms with van der Waals surface area (Å²) < 4.78 is 10.6. The first-order valence-corrected chi connectivity index (χ1v) is 9.07. The number of anilines is 1. The number of amides is 1. The van der Waals surface area contributed by atoms with Crippen molar-refractivity contribution in [2.24, 2.45) is 5.92 Å². The molecule has 1 aromatic rings. The van der Waals surface area contributed by atoms with Gasteiger partial charge in [-0.3, -0.25) is 4.79 Å². The molecule has 1 aliphatic heterocycles. The Labute approximate surface area is 149 Å². The van der Waals surface area contributed by atoms with Crippen LogP contribution in [0.2, 0.25) is 0 Å². The third kappa shape index (κ3) is 3.90. The van der Waals surface area contributed by atoms with Gasteiger partial charge in [0.05, 0.1) is 25.9 Å². The summed E-state index contributed by atoms with van der Waals surface area (Å²) in [5.74, 6) is 1.68. The van der Waals surface area contributed by atoms with E-state index in [2.05, 4.69) is 5.32 Å². The highest BCUT2D eigenvalue weighted by Crippen LogP contribution is 2.32. The van der Waals surface area contributed by atoms with Crippen LogP contribution in [0.5, 0.6) is 11.5 Å². The molecule has 1 heterocycles. The molecule has 0 aromatic heterocycles. The Morgan fingerprint density at radius 1 is 1.12 bits per heavy atom. The average Bonchev–Trinajstić information content (AvgIpc) is 3.02. The molecule has 0 radical (unpaired) electrons. The highest BCUT2D eigenvalue weighted by atomic mass is 16.5. The van der Waals surface area contributed by atoms with Crippen molar-refractivity contribution in [1.29, 1.82) is 0 Å². The number of aliphatic hydroxyl groups is 1. The van der Waals surface area contributed by atoms with Gasteiger partial charge in [-0.15, -0.1) is 0 Å². The van der Waals surface area contributed by atoms with Gasteiger partial charge in [-0.1, -0.05) is 12.8 Å². The minimum absolute atomic E-state index is 0.0811. The molecule has 3 rings (SSSR count). The van der Waals surface area contributed by atoms with E-state index in [1.54, 1.807) is 25.2 Å². The van der Waals surface area contributed by atoms with E-state index in [4.69, 9.17) is 9.47 Å². The summed E-state index contributed by atoms with van der Waals surface area (Å²) in [6, 6.07) is 5.56. The van der Waals surface area contributed by atoms with Crippen molar-refractivity contribution in [3.8, 4) is 11.5 Å². The van der Waals surface area contributed by atoms with Crippen LogP contribution in [0.25, 0.3) is 0 Å². The first kappa shape index (κ1) is 18.0. The van der Waals surface area contributed by atoms with Gasteiger partial charge >= 0.3 is 0 Å². The predicted octanol–water partition coefficient (Wildman–Crippen LogP) is 1.95. The molecular weight excluding hydrogens is 320 g/mol. The summed E-state index contributed by atoms with van der Waals surface area (Å²) in [4.78, 5) is 14.7. The molecular formula is C19H28N2O4. The minimum atomic E-state index is -0.186. The van der Waals surface area contributed by atoms with Crippen LogP contribution < -0.4 is 19.7 Å². The second kappa shape index (κ2) is 8.06. The summed E-state index contributed by atoms with van der Waals surface area (Å²) in [6.45, 7) is 0.860. The topological polar surface area (TPSA) is 71.0 Å². The molecule has 1 aromatic carbocycles. The Balaban J connectivity index is 1.71. The number of aliphatic hydroxyl groups excluding tert-OH is 1. The maximum absolute atomic E-state index is 12.9. The lowest BCUT2D eigenvalue weighted by Crippen LogP contribution is -2.48. The lowest BCUT2D eigenvalue weighted by atomic mass is 9.84. The van der Waals surface area contributed by atoms with E-state index in [1.165, 1.54) is 0 Å². The number of carbonyl (C=O) groups is 1. The van der Waals surface area contributed by atoms with Gasteiger partial charge in [0.25, 0.3) is 0 Å². The molecule has 1 saturated heterocycles. The summed E-state index contributed by atoms with van der Waals surface area (Å²) >= 11 is 0. The van der Waals surface area contributed by atoms with E-state index in [0.717, 1.165) is 37.8 Å². The van der Waals surface area contributed by atoms with Crippen LogP contribution in [0.4, 0.5) is 5.69 Å². The Morgan fingerprint density at radius 3 is 2.44 bits per heavy atom. The smallest absolute Gasteiger partial charge is 0.244 e. The normalized spacial score (nSPS) is 26.8. The van der Waals surface area contributed by atoms with Crippen LogP contribution in [0.15, 0.2) is 18.2 Å². The number of hydrogen-bond donors (Lipinski definition) is 2. The van der Waals surface area contributed by atoms with Crippen molar-refractivity contribution in [2.75, 3.05) is 32.3 Å². The number of nitrogens with one attached hydrogen (secondary N) is 1. The number of nitrogens with zero attached hydrogens (tertiary/aromatic N) is 1. The molecule has 1 saturated carbocycles. The average molecular weight is 348 g/mol. The maximum Gasteiger partial charge on any atom is 0.244 e. The van der Waals surface area contributed by atoms with Crippen LogP contribution in [0, 0.1) is 5.92 Å². The molecule has 6 nitrogen and oxygen atoms in total. The molecule has 25 heavy (non-hydrogen) atoms. The van der Waals surface area contributed by atoms with Crippen molar-refractivity contribution < 1.29 is 19.4 Å². The zero-order chi connectivity index (χ0) is 17.8. The van der Waals surface area contributed by atoms with E-state index in [0.29, 0.717) is 18.0 Å². The van der Waals surface area contributed by atoms with Gasteiger partial charge in [0, 0.05) is 37.4 Å². The molecule has 6 heteroatoms. The highest BCUT2D eigenvalue weighted by molar-refractivity contribution is 5.99. The quantitative estimate of drug-likeness (QED) is 0.822. The van der Waals surface area contributed by atoms with Crippen LogP contribution in [-0.2, 0) is 4.79 Å². The molecule has 1 amide bonds. The van der Waals surface area contributed by atoms with E-state index in [9.17, 15) is 9.90 Å². The van der Waals surface area contributed by atoms with Crippen molar-refractivity contribution >= 4 is 11.6 Å². The number of benzene rings is 1. The third-order valence-electron chi connectivity index (χ3n) is 5.41. The number of hydrogen-bond acceptors (Lipinski definition) is 5. The van der Waals surface area contributed by atoms with Crippen molar-refractivity contribution in [3.05, 3.63) is 18.2 Å². The minimum Gasteiger partial charge on any atom is -0.497 e. The van der Waals surface area contributed by atoms with Crippen LogP contribution in [0.1, 0.15) is 32.1 Å². The Hall–Kier alpha value is -1.79. The maximum atomic E-state index is 12.9. The third-order valence-corrected chi connectivity index (χ3v) is 5.41. The monoisotopic (exact) mass is 348 g/mol. The van der Waals surface area contributed by atoms with Crippen LogP contribution in [-0.4, -0.2) is 50.5 Å². The Morgan fingerprint density at radius 2 is 1.80 bits per heavy atom. The zero-order valence-electron chi connectivity index (χ0n) is 15.0. The van der Waals surface area contributed by atoms with Gasteiger partial charge < -0.3 is 24.8 Å². The van der Waals surface area contributed by atoms with Crippen LogP contribution >= 0.6 is 0 Å². The van der Waals surface area contributed by atoms with Crippen molar-refractivity contribution in [3.63, 3.8) is 0 Å². The molecule has 0 spiro atoms. The van der Waals surface area contributed by atoms with Gasteiger partial charge in [0.1, 0.15) is 11.5 Å². The summed E-state index contributed by atoms with van der Waals surface area (Å²) in [7, 11) is 3.21. The second-order valence-corrected chi connectivity index (χ2v) is 6.90. The van der Waals surface area contributed by atoms with E-state index < -0.39 is 0 Å². The van der Waals surface area contributed by atoms with Gasteiger partial charge in [-0.25, -0.2) is 0 Å². The Kier molecular flexibility index (Phi) is 5.81. The second-order valence-electron chi connectivity index (χ2n) is 6.90. The number of ether oxygens (including phenoxy) is 2. The summed E-state index contributed by atoms with van der Waals surface area (Å²) in [5.41, 5.74) is 0.799. The summed E-state index contributed by atoms with van der Waals surface area (Å²) in [6.07, 6.45) is 5.16.